The molecule has 0 bridgehead atoms. The van der Waals surface area contributed by atoms with Gasteiger partial charge < -0.3 is 5.11 Å². The molecule has 3 atom stereocenters. The van der Waals surface area contributed by atoms with Crippen LogP contribution in [0.25, 0.3) is 0 Å². The molecule has 1 saturated carbocycles. The van der Waals surface area contributed by atoms with E-state index in [1.807, 2.05) is 0 Å². The van der Waals surface area contributed by atoms with Gasteiger partial charge in [-0.25, -0.2) is 13.3 Å². The average Bonchev–Trinajstić information content (AvgIpc) is 2.07. The molecule has 0 heterocycles. The summed E-state index contributed by atoms with van der Waals surface area (Å²) in [5.41, 5.74) is 0. The van der Waals surface area contributed by atoms with Gasteiger partial charge in [0.2, 0.25) is 0 Å². The third-order valence-electron chi connectivity index (χ3n) is 2.85. The zero-order valence-corrected chi connectivity index (χ0v) is 9.68. The predicted molar refractivity (Wildman–Crippen MR) is 55.8 cm³/mol. The first-order chi connectivity index (χ1) is 6.45. The maximum absolute atomic E-state index is 11.2. The molecule has 0 spiro atoms. The molecule has 1 aliphatic carbocycles. The van der Waals surface area contributed by atoms with Gasteiger partial charge >= 0.3 is 0 Å². The normalized spacial score (nSPS) is 34.4. The molecule has 0 aromatic carbocycles. The predicted octanol–water partition coefficient (Wildman–Crippen LogP) is 0.304. The fraction of sp³-hybridized carbons (Fsp3) is 1.00. The average molecular weight is 242 g/mol. The number of aliphatic hydroxyl groups is 1. The Hall–Kier alpha value is 0.160. The van der Waals surface area contributed by atoms with Crippen LogP contribution in [0.1, 0.15) is 19.3 Å². The standard InChI is InChI=1S/C8H16ClNO3S/c1-14(12,13)7-3-2-6(5-10-9)8(11)4-7/h6-8,10-11H,2-5H2,1H3/t6?,7-,8-/m1/s1. The number of sulfone groups is 1. The summed E-state index contributed by atoms with van der Waals surface area (Å²) >= 11 is 5.35. The van der Waals surface area contributed by atoms with Crippen molar-refractivity contribution in [3.8, 4) is 0 Å². The van der Waals surface area contributed by atoms with E-state index in [0.29, 0.717) is 25.8 Å². The van der Waals surface area contributed by atoms with E-state index < -0.39 is 15.9 Å². The molecule has 1 rings (SSSR count). The number of halogens is 1. The SMILES string of the molecule is CS(=O)(=O)[C@@H]1CCC(CNCl)[C@H](O)C1. The van der Waals surface area contributed by atoms with Gasteiger partial charge in [0.25, 0.3) is 0 Å². The molecular weight excluding hydrogens is 226 g/mol. The van der Waals surface area contributed by atoms with Crippen molar-refractivity contribution >= 4 is 21.6 Å². The van der Waals surface area contributed by atoms with Gasteiger partial charge in [-0.05, 0) is 37.0 Å². The first kappa shape index (κ1) is 12.2. The first-order valence-electron chi connectivity index (χ1n) is 4.65. The summed E-state index contributed by atoms with van der Waals surface area (Å²) in [7, 11) is -3.01. The molecule has 0 aromatic rings. The van der Waals surface area contributed by atoms with Crippen LogP contribution in [0.4, 0.5) is 0 Å². The second-order valence-corrected chi connectivity index (χ2v) is 6.52. The van der Waals surface area contributed by atoms with Crippen LogP contribution in [0.3, 0.4) is 0 Å². The Labute approximate surface area is 89.7 Å². The van der Waals surface area contributed by atoms with Crippen molar-refractivity contribution in [1.29, 1.82) is 0 Å². The summed E-state index contributed by atoms with van der Waals surface area (Å²) in [5, 5.41) is 9.29. The van der Waals surface area contributed by atoms with Crippen LogP contribution < -0.4 is 4.84 Å². The van der Waals surface area contributed by atoms with E-state index >= 15 is 0 Å². The first-order valence-corrected chi connectivity index (χ1v) is 6.99. The van der Waals surface area contributed by atoms with E-state index in [2.05, 4.69) is 4.84 Å². The van der Waals surface area contributed by atoms with Gasteiger partial charge in [0.05, 0.1) is 11.4 Å². The van der Waals surface area contributed by atoms with Gasteiger partial charge in [0.15, 0.2) is 0 Å². The van der Waals surface area contributed by atoms with Crippen LogP contribution in [0.15, 0.2) is 0 Å². The van der Waals surface area contributed by atoms with Gasteiger partial charge in [-0.2, -0.15) is 0 Å². The summed E-state index contributed by atoms with van der Waals surface area (Å²) in [6.07, 6.45) is 2.33. The molecule has 6 heteroatoms. The topological polar surface area (TPSA) is 66.4 Å². The molecule has 4 nitrogen and oxygen atoms in total. The molecule has 1 fully saturated rings. The van der Waals surface area contributed by atoms with Crippen LogP contribution in [-0.4, -0.2) is 37.7 Å². The smallest absolute Gasteiger partial charge is 0.150 e. The molecule has 14 heavy (non-hydrogen) atoms. The molecule has 0 radical (unpaired) electrons. The molecule has 1 aliphatic rings. The van der Waals surface area contributed by atoms with Gasteiger partial charge in [-0.1, -0.05) is 0 Å². The second kappa shape index (κ2) is 4.79. The van der Waals surface area contributed by atoms with Crippen LogP contribution in [0.5, 0.6) is 0 Å². The van der Waals surface area contributed by atoms with Crippen molar-refractivity contribution in [2.45, 2.75) is 30.6 Å². The van der Waals surface area contributed by atoms with Gasteiger partial charge in [-0.15, -0.1) is 0 Å². The van der Waals surface area contributed by atoms with Crippen molar-refractivity contribution < 1.29 is 13.5 Å². The highest BCUT2D eigenvalue weighted by molar-refractivity contribution is 7.91. The number of hydrogen-bond donors (Lipinski definition) is 2. The Morgan fingerprint density at radius 2 is 2.14 bits per heavy atom. The van der Waals surface area contributed by atoms with Gasteiger partial charge in [0.1, 0.15) is 9.84 Å². The van der Waals surface area contributed by atoms with Crippen LogP contribution in [-0.2, 0) is 9.84 Å². The van der Waals surface area contributed by atoms with Crippen molar-refractivity contribution in [2.75, 3.05) is 12.8 Å². The Balaban J connectivity index is 2.55. The minimum absolute atomic E-state index is 0.0745. The zero-order valence-electron chi connectivity index (χ0n) is 8.11. The number of hydrogen-bond acceptors (Lipinski definition) is 4. The van der Waals surface area contributed by atoms with E-state index in [1.165, 1.54) is 6.26 Å². The summed E-state index contributed by atoms with van der Waals surface area (Å²) in [5.74, 6) is 0.0745. The van der Waals surface area contributed by atoms with Crippen molar-refractivity contribution in [3.63, 3.8) is 0 Å². The lowest BCUT2D eigenvalue weighted by Crippen LogP contribution is -2.39. The zero-order chi connectivity index (χ0) is 10.8. The van der Waals surface area contributed by atoms with E-state index in [0.717, 1.165) is 0 Å². The number of aliphatic hydroxyl groups excluding tert-OH is 1. The molecular formula is C8H16ClNO3S. The molecule has 84 valence electrons. The number of nitrogens with one attached hydrogen (secondary N) is 1. The fourth-order valence-corrected chi connectivity index (χ4v) is 3.21. The van der Waals surface area contributed by atoms with Crippen molar-refractivity contribution in [2.24, 2.45) is 5.92 Å². The molecule has 2 N–H and O–H groups in total. The Kier molecular flexibility index (Phi) is 4.18. The molecule has 0 aliphatic heterocycles. The lowest BCUT2D eigenvalue weighted by molar-refractivity contribution is 0.0739. The summed E-state index contributed by atoms with van der Waals surface area (Å²) < 4.78 is 22.5. The molecule has 0 amide bonds. The largest absolute Gasteiger partial charge is 0.393 e. The summed E-state index contributed by atoms with van der Waals surface area (Å²) in [6.45, 7) is 0.527. The van der Waals surface area contributed by atoms with Crippen molar-refractivity contribution in [3.05, 3.63) is 0 Å². The van der Waals surface area contributed by atoms with Crippen LogP contribution in [0.2, 0.25) is 0 Å². The van der Waals surface area contributed by atoms with Crippen LogP contribution in [0, 0.1) is 5.92 Å². The Morgan fingerprint density at radius 3 is 2.57 bits per heavy atom. The maximum Gasteiger partial charge on any atom is 0.150 e. The second-order valence-electron chi connectivity index (χ2n) is 3.93. The lowest BCUT2D eigenvalue weighted by atomic mass is 9.86. The highest BCUT2D eigenvalue weighted by Crippen LogP contribution is 2.28. The van der Waals surface area contributed by atoms with E-state index in [4.69, 9.17) is 11.8 Å². The molecule has 1 unspecified atom stereocenters. The monoisotopic (exact) mass is 241 g/mol. The third-order valence-corrected chi connectivity index (χ3v) is 4.65. The van der Waals surface area contributed by atoms with Crippen molar-refractivity contribution in [1.82, 2.24) is 4.84 Å². The fourth-order valence-electron chi connectivity index (χ4n) is 1.90. The lowest BCUT2D eigenvalue weighted by Gasteiger charge is -2.31. The Morgan fingerprint density at radius 1 is 1.50 bits per heavy atom. The molecule has 0 aromatic heterocycles. The van der Waals surface area contributed by atoms with E-state index in [-0.39, 0.29) is 11.2 Å². The highest BCUT2D eigenvalue weighted by atomic mass is 35.5. The van der Waals surface area contributed by atoms with Gasteiger partial charge in [-0.3, -0.25) is 0 Å². The van der Waals surface area contributed by atoms with Crippen LogP contribution >= 0.6 is 11.8 Å². The Bertz CT molecular complexity index is 280. The quantitative estimate of drug-likeness (QED) is 0.698. The molecule has 0 saturated heterocycles. The van der Waals surface area contributed by atoms with E-state index in [1.54, 1.807) is 0 Å². The van der Waals surface area contributed by atoms with E-state index in [9.17, 15) is 13.5 Å². The highest BCUT2D eigenvalue weighted by Gasteiger charge is 2.33. The summed E-state index contributed by atoms with van der Waals surface area (Å²) in [6, 6.07) is 0. The summed E-state index contributed by atoms with van der Waals surface area (Å²) in [4.78, 5) is 2.48. The van der Waals surface area contributed by atoms with Gasteiger partial charge in [0, 0.05) is 12.8 Å². The minimum Gasteiger partial charge on any atom is -0.393 e. The minimum atomic E-state index is -3.01. The number of rotatable bonds is 3. The maximum atomic E-state index is 11.2. The third kappa shape index (κ3) is 3.08.